The molecule has 3 aromatic rings. The molecular formula is C20H15NO4. The van der Waals surface area contributed by atoms with Crippen LogP contribution < -0.4 is 4.74 Å². The lowest BCUT2D eigenvalue weighted by Crippen LogP contribution is -2.15. The summed E-state index contributed by atoms with van der Waals surface area (Å²) >= 11 is 0. The molecule has 1 heterocycles. The number of carbonyl (C=O) groups excluding carboxylic acids is 2. The molecule has 5 heteroatoms. The van der Waals surface area contributed by atoms with Crippen molar-refractivity contribution in [1.29, 1.82) is 0 Å². The Morgan fingerprint density at radius 2 is 1.52 bits per heavy atom. The smallest absolute Gasteiger partial charge is 0.344 e. The molecule has 124 valence electrons. The van der Waals surface area contributed by atoms with Crippen molar-refractivity contribution >= 4 is 11.8 Å². The van der Waals surface area contributed by atoms with Crippen LogP contribution in [0.3, 0.4) is 0 Å². The summed E-state index contributed by atoms with van der Waals surface area (Å²) in [6.07, 6.45) is 1.52. The van der Waals surface area contributed by atoms with Gasteiger partial charge in [-0.3, -0.25) is 4.79 Å². The van der Waals surface area contributed by atoms with Gasteiger partial charge in [0.25, 0.3) is 0 Å². The fraction of sp³-hybridized carbons (Fsp3) is 0.0500. The topological polar surface area (TPSA) is 65.5 Å². The van der Waals surface area contributed by atoms with Gasteiger partial charge in [0, 0.05) is 11.8 Å². The maximum Gasteiger partial charge on any atom is 0.344 e. The summed E-state index contributed by atoms with van der Waals surface area (Å²) in [4.78, 5) is 28.4. The first-order valence-electron chi connectivity index (χ1n) is 7.67. The molecule has 0 bridgehead atoms. The molecule has 0 saturated heterocycles. The van der Waals surface area contributed by atoms with Crippen molar-refractivity contribution in [3.63, 3.8) is 0 Å². The molecule has 0 radical (unpaired) electrons. The van der Waals surface area contributed by atoms with Gasteiger partial charge < -0.3 is 9.47 Å². The Morgan fingerprint density at radius 3 is 2.24 bits per heavy atom. The molecule has 0 aliphatic rings. The first-order chi connectivity index (χ1) is 12.2. The molecule has 0 aliphatic carbocycles. The lowest BCUT2D eigenvalue weighted by Gasteiger charge is -2.09. The minimum absolute atomic E-state index is 0.130. The van der Waals surface area contributed by atoms with E-state index in [9.17, 15) is 9.59 Å². The van der Waals surface area contributed by atoms with Crippen molar-refractivity contribution < 1.29 is 19.1 Å². The average molecular weight is 333 g/mol. The Balaban J connectivity index is 1.69. The number of benzene rings is 2. The van der Waals surface area contributed by atoms with Crippen LogP contribution in [-0.4, -0.2) is 23.3 Å². The van der Waals surface area contributed by atoms with E-state index in [4.69, 9.17) is 9.47 Å². The summed E-state index contributed by atoms with van der Waals surface area (Å²) in [7, 11) is 0. The second-order valence-electron chi connectivity index (χ2n) is 5.14. The minimum atomic E-state index is -0.664. The standard InChI is InChI=1S/C20H15NO4/c22-18(15-8-3-1-4-9-15)14-24-20(23)17-12-7-13-21-19(17)25-16-10-5-2-6-11-16/h1-13H,14H2. The molecule has 1 aromatic heterocycles. The Hall–Kier alpha value is -3.47. The predicted octanol–water partition coefficient (Wildman–Crippen LogP) is 3.91. The molecule has 0 N–H and O–H groups in total. The monoisotopic (exact) mass is 333 g/mol. The van der Waals surface area contributed by atoms with Gasteiger partial charge in [-0.05, 0) is 24.3 Å². The SMILES string of the molecule is O=C(COC(=O)c1cccnc1Oc1ccccc1)c1ccccc1. The summed E-state index contributed by atoms with van der Waals surface area (Å²) in [5, 5.41) is 0. The molecule has 0 aliphatic heterocycles. The van der Waals surface area contributed by atoms with Crippen LogP contribution in [0.4, 0.5) is 0 Å². The number of ether oxygens (including phenoxy) is 2. The van der Waals surface area contributed by atoms with Crippen LogP contribution in [0.25, 0.3) is 0 Å². The maximum atomic E-state index is 12.3. The zero-order chi connectivity index (χ0) is 17.5. The second kappa shape index (κ2) is 7.88. The van der Waals surface area contributed by atoms with Crippen molar-refractivity contribution in [2.45, 2.75) is 0 Å². The number of ketones is 1. The Labute approximate surface area is 144 Å². The third-order valence-corrected chi connectivity index (χ3v) is 3.38. The fourth-order valence-electron chi connectivity index (χ4n) is 2.14. The summed E-state index contributed by atoms with van der Waals surface area (Å²) in [6.45, 7) is -0.345. The first kappa shape index (κ1) is 16.4. The van der Waals surface area contributed by atoms with Gasteiger partial charge in [-0.15, -0.1) is 0 Å². The zero-order valence-corrected chi connectivity index (χ0v) is 13.3. The van der Waals surface area contributed by atoms with Crippen LogP contribution in [0.1, 0.15) is 20.7 Å². The van der Waals surface area contributed by atoms with Crippen LogP contribution in [0.15, 0.2) is 79.0 Å². The largest absolute Gasteiger partial charge is 0.454 e. The normalized spacial score (nSPS) is 10.1. The number of carbonyl (C=O) groups is 2. The van der Waals surface area contributed by atoms with Gasteiger partial charge >= 0.3 is 5.97 Å². The Bertz CT molecular complexity index is 863. The van der Waals surface area contributed by atoms with Crippen LogP contribution in [0, 0.1) is 0 Å². The third kappa shape index (κ3) is 4.29. The molecule has 2 aromatic carbocycles. The third-order valence-electron chi connectivity index (χ3n) is 3.38. The van der Waals surface area contributed by atoms with E-state index in [1.807, 2.05) is 24.3 Å². The molecule has 3 rings (SSSR count). The van der Waals surface area contributed by atoms with E-state index in [1.54, 1.807) is 48.5 Å². The van der Waals surface area contributed by atoms with Crippen molar-refractivity contribution in [2.24, 2.45) is 0 Å². The number of hydrogen-bond acceptors (Lipinski definition) is 5. The Morgan fingerprint density at radius 1 is 0.840 bits per heavy atom. The number of esters is 1. The van der Waals surface area contributed by atoms with Crippen molar-refractivity contribution in [2.75, 3.05) is 6.61 Å². The van der Waals surface area contributed by atoms with Gasteiger partial charge in [-0.2, -0.15) is 0 Å². The highest BCUT2D eigenvalue weighted by Gasteiger charge is 2.17. The van der Waals surface area contributed by atoms with E-state index in [0.717, 1.165) is 0 Å². The fourth-order valence-corrected chi connectivity index (χ4v) is 2.14. The van der Waals surface area contributed by atoms with Crippen LogP contribution in [0.5, 0.6) is 11.6 Å². The number of rotatable bonds is 6. The maximum absolute atomic E-state index is 12.3. The summed E-state index contributed by atoms with van der Waals surface area (Å²) in [5.41, 5.74) is 0.648. The number of hydrogen-bond donors (Lipinski definition) is 0. The molecule has 0 fully saturated rings. The highest BCUT2D eigenvalue weighted by molar-refractivity contribution is 5.99. The van der Waals surface area contributed by atoms with Gasteiger partial charge in [0.05, 0.1) is 0 Å². The second-order valence-corrected chi connectivity index (χ2v) is 5.14. The quantitative estimate of drug-likeness (QED) is 0.505. The molecule has 0 unspecified atom stereocenters. The van der Waals surface area contributed by atoms with Crippen LogP contribution >= 0.6 is 0 Å². The number of Topliss-reactive ketones (excluding diaryl/α,β-unsaturated/α-hetero) is 1. The van der Waals surface area contributed by atoms with E-state index in [2.05, 4.69) is 4.98 Å². The lowest BCUT2D eigenvalue weighted by atomic mass is 10.1. The van der Waals surface area contributed by atoms with Gasteiger partial charge in [-0.1, -0.05) is 48.5 Å². The van der Waals surface area contributed by atoms with Crippen LogP contribution in [0.2, 0.25) is 0 Å². The molecule has 0 spiro atoms. The minimum Gasteiger partial charge on any atom is -0.454 e. The van der Waals surface area contributed by atoms with Crippen molar-refractivity contribution in [3.05, 3.63) is 90.1 Å². The number of nitrogens with zero attached hydrogens (tertiary/aromatic N) is 1. The summed E-state index contributed by atoms with van der Waals surface area (Å²) in [6, 6.07) is 20.8. The van der Waals surface area contributed by atoms with Crippen molar-refractivity contribution in [3.8, 4) is 11.6 Å². The van der Waals surface area contributed by atoms with Crippen molar-refractivity contribution in [1.82, 2.24) is 4.98 Å². The zero-order valence-electron chi connectivity index (χ0n) is 13.3. The van der Waals surface area contributed by atoms with Gasteiger partial charge in [0.15, 0.2) is 12.4 Å². The molecule has 25 heavy (non-hydrogen) atoms. The number of pyridine rings is 1. The highest BCUT2D eigenvalue weighted by atomic mass is 16.5. The highest BCUT2D eigenvalue weighted by Crippen LogP contribution is 2.23. The van der Waals surface area contributed by atoms with Crippen LogP contribution in [-0.2, 0) is 4.74 Å². The Kier molecular flexibility index (Phi) is 5.16. The molecule has 0 saturated carbocycles. The molecule has 0 atom stereocenters. The van der Waals surface area contributed by atoms with Gasteiger partial charge in [-0.25, -0.2) is 9.78 Å². The molecule has 5 nitrogen and oxygen atoms in total. The first-order valence-corrected chi connectivity index (χ1v) is 7.67. The van der Waals surface area contributed by atoms with Gasteiger partial charge in [0.2, 0.25) is 5.88 Å². The number of aromatic nitrogens is 1. The summed E-state index contributed by atoms with van der Waals surface area (Å²) < 4.78 is 10.7. The van der Waals surface area contributed by atoms with Gasteiger partial charge in [0.1, 0.15) is 11.3 Å². The van der Waals surface area contributed by atoms with E-state index < -0.39 is 5.97 Å². The lowest BCUT2D eigenvalue weighted by molar-refractivity contribution is 0.0471. The molecular weight excluding hydrogens is 318 g/mol. The predicted molar refractivity (Wildman–Crippen MR) is 91.8 cm³/mol. The van der Waals surface area contributed by atoms with E-state index >= 15 is 0 Å². The summed E-state index contributed by atoms with van der Waals surface area (Å²) in [5.74, 6) is -0.256. The molecule has 0 amide bonds. The van der Waals surface area contributed by atoms with E-state index in [-0.39, 0.29) is 23.8 Å². The number of para-hydroxylation sites is 1. The average Bonchev–Trinajstić information content (AvgIpc) is 2.68. The van der Waals surface area contributed by atoms with E-state index in [1.165, 1.54) is 6.20 Å². The van der Waals surface area contributed by atoms with E-state index in [0.29, 0.717) is 11.3 Å².